The Bertz CT molecular complexity index is 3430. The predicted octanol–water partition coefficient (Wildman–Crippen LogP) is 13.7. The third kappa shape index (κ3) is 5.65. The minimum absolute atomic E-state index is 0.597. The highest BCUT2D eigenvalue weighted by Crippen LogP contribution is 2.65. The highest BCUT2D eigenvalue weighted by atomic mass is 15.2. The fourth-order valence-electron chi connectivity index (χ4n) is 10.7. The van der Waals surface area contributed by atoms with Crippen LogP contribution in [-0.4, -0.2) is 9.55 Å². The van der Waals surface area contributed by atoms with Crippen molar-refractivity contribution >= 4 is 22.3 Å². The van der Waals surface area contributed by atoms with Crippen LogP contribution in [0.1, 0.15) is 57.5 Å². The molecule has 2 aromatic heterocycles. The van der Waals surface area contributed by atoms with Crippen molar-refractivity contribution in [2.75, 3.05) is 4.90 Å². The van der Waals surface area contributed by atoms with Crippen molar-refractivity contribution in [1.29, 1.82) is 10.5 Å². The molecule has 5 nitrogen and oxygen atoms in total. The third-order valence-electron chi connectivity index (χ3n) is 13.3. The number of nitrogens with zero attached hydrogens (tertiary/aromatic N) is 5. The number of pyridine rings is 1. The van der Waals surface area contributed by atoms with Crippen molar-refractivity contribution in [3.63, 3.8) is 0 Å². The topological polar surface area (TPSA) is 68.6 Å². The first kappa shape index (κ1) is 37.3. The first-order valence-corrected chi connectivity index (χ1v) is 21.8. The van der Waals surface area contributed by atoms with Crippen molar-refractivity contribution in [3.8, 4) is 51.5 Å². The molecule has 0 bridgehead atoms. The number of para-hydroxylation sites is 1. The maximum atomic E-state index is 10.4. The van der Waals surface area contributed by atoms with E-state index in [0.717, 1.165) is 102 Å². The van der Waals surface area contributed by atoms with Gasteiger partial charge in [0.05, 0.1) is 39.9 Å². The van der Waals surface area contributed by atoms with Crippen LogP contribution in [0, 0.1) is 22.7 Å². The van der Waals surface area contributed by atoms with Gasteiger partial charge in [0.15, 0.2) is 0 Å². The summed E-state index contributed by atoms with van der Waals surface area (Å²) in [6.07, 6.45) is 9.18. The number of rotatable bonds is 7. The molecule has 64 heavy (non-hydrogen) atoms. The van der Waals surface area contributed by atoms with Gasteiger partial charge in [0, 0.05) is 45.7 Å². The van der Waals surface area contributed by atoms with Crippen LogP contribution in [0.4, 0.5) is 11.4 Å². The molecule has 0 aliphatic heterocycles. The van der Waals surface area contributed by atoms with Gasteiger partial charge in [-0.05, 0) is 124 Å². The summed E-state index contributed by atoms with van der Waals surface area (Å²) >= 11 is 0. The number of anilines is 2. The standard InChI is InChI=1S/C59H39N5/c60-37-40-25-28-48-49-29-26-41(38-61)33-54(49)59(53(48)32-40)52-24-14-13-23-50(52)58-57(59)51-30-27-47(63(45-19-9-3-10-20-45)46-21-11-4-12-22-46)36-55(51)64(58)56-35-43(42-17-7-2-8-18-42)34-44(62-56)31-39-15-5-1-6-16-39/h1-11,13-21,23-30,32-36H,12,22,31H2. The summed E-state index contributed by atoms with van der Waals surface area (Å²) in [6.45, 7) is 0. The van der Waals surface area contributed by atoms with Gasteiger partial charge >= 0.3 is 0 Å². The van der Waals surface area contributed by atoms with Gasteiger partial charge in [-0.15, -0.1) is 0 Å². The molecule has 0 radical (unpaired) electrons. The molecule has 0 fully saturated rings. The second-order valence-electron chi connectivity index (χ2n) is 16.8. The van der Waals surface area contributed by atoms with E-state index < -0.39 is 5.41 Å². The van der Waals surface area contributed by atoms with Crippen LogP contribution in [0.25, 0.3) is 50.2 Å². The molecule has 0 atom stereocenters. The largest absolute Gasteiger partial charge is 0.314 e. The summed E-state index contributed by atoms with van der Waals surface area (Å²) in [7, 11) is 0. The monoisotopic (exact) mass is 817 g/mol. The number of nitriles is 2. The zero-order valence-electron chi connectivity index (χ0n) is 34.9. The minimum Gasteiger partial charge on any atom is -0.314 e. The van der Waals surface area contributed by atoms with Crippen molar-refractivity contribution in [3.05, 3.63) is 251 Å². The smallest absolute Gasteiger partial charge is 0.138 e. The van der Waals surface area contributed by atoms with Gasteiger partial charge in [-0.1, -0.05) is 133 Å². The Labute approximate surface area is 372 Å². The Hall–Kier alpha value is -8.51. The van der Waals surface area contributed by atoms with E-state index in [-0.39, 0.29) is 0 Å². The molecule has 0 unspecified atom stereocenters. The van der Waals surface area contributed by atoms with E-state index in [1.807, 2.05) is 12.1 Å². The van der Waals surface area contributed by atoms with Gasteiger partial charge in [0.1, 0.15) is 5.82 Å². The first-order chi connectivity index (χ1) is 31.6. The van der Waals surface area contributed by atoms with Gasteiger partial charge in [-0.3, -0.25) is 4.57 Å². The Morgan fingerprint density at radius 3 is 1.95 bits per heavy atom. The Kier molecular flexibility index (Phi) is 8.64. The summed E-state index contributed by atoms with van der Waals surface area (Å²) in [4.78, 5) is 8.01. The van der Waals surface area contributed by atoms with Crippen LogP contribution in [0.5, 0.6) is 0 Å². The zero-order valence-corrected chi connectivity index (χ0v) is 34.9. The second-order valence-corrected chi connectivity index (χ2v) is 16.8. The van der Waals surface area contributed by atoms with Crippen LogP contribution < -0.4 is 4.90 Å². The van der Waals surface area contributed by atoms with Crippen LogP contribution >= 0.6 is 0 Å². The number of hydrogen-bond acceptors (Lipinski definition) is 4. The van der Waals surface area contributed by atoms with E-state index >= 15 is 0 Å². The lowest BCUT2D eigenvalue weighted by molar-refractivity contribution is 0.800. The van der Waals surface area contributed by atoms with Crippen LogP contribution in [0.2, 0.25) is 0 Å². The van der Waals surface area contributed by atoms with Crippen LogP contribution in [0.15, 0.2) is 206 Å². The van der Waals surface area contributed by atoms with Crippen LogP contribution in [0.3, 0.4) is 0 Å². The second kappa shape index (κ2) is 14.8. The van der Waals surface area contributed by atoms with E-state index in [9.17, 15) is 10.5 Å². The maximum Gasteiger partial charge on any atom is 0.138 e. The number of fused-ring (bicyclic) bond motifs is 12. The summed E-state index contributed by atoms with van der Waals surface area (Å²) in [5.41, 5.74) is 17.7. The molecule has 12 rings (SSSR count). The quantitative estimate of drug-likeness (QED) is 0.161. The fraction of sp³-hybridized carbons (Fsp3) is 0.0678. The number of benzene rings is 7. The summed E-state index contributed by atoms with van der Waals surface area (Å²) in [5.74, 6) is 0.823. The van der Waals surface area contributed by atoms with Crippen molar-refractivity contribution in [2.24, 2.45) is 0 Å². The molecule has 9 aromatic rings. The Balaban J connectivity index is 1.23. The van der Waals surface area contributed by atoms with E-state index in [4.69, 9.17) is 4.98 Å². The van der Waals surface area contributed by atoms with Crippen molar-refractivity contribution < 1.29 is 0 Å². The van der Waals surface area contributed by atoms with E-state index in [1.54, 1.807) is 0 Å². The fourth-order valence-corrected chi connectivity index (χ4v) is 10.7. The molecule has 5 heteroatoms. The highest BCUT2D eigenvalue weighted by Gasteiger charge is 2.54. The molecule has 1 spiro atoms. The molecule has 3 aliphatic carbocycles. The van der Waals surface area contributed by atoms with Crippen LogP contribution in [-0.2, 0) is 11.8 Å². The average molecular weight is 818 g/mol. The Morgan fingerprint density at radius 2 is 1.27 bits per heavy atom. The number of hydrogen-bond donors (Lipinski definition) is 0. The molecule has 0 N–H and O–H groups in total. The molecule has 7 aromatic carbocycles. The van der Waals surface area contributed by atoms with Gasteiger partial charge in [-0.25, -0.2) is 4.98 Å². The van der Waals surface area contributed by atoms with E-state index in [2.05, 4.69) is 210 Å². The number of allylic oxidation sites excluding steroid dienone is 4. The summed E-state index contributed by atoms with van der Waals surface area (Å²) in [5, 5.41) is 21.9. The van der Waals surface area contributed by atoms with E-state index in [0.29, 0.717) is 17.5 Å². The molecule has 3 aliphatic rings. The summed E-state index contributed by atoms with van der Waals surface area (Å²) in [6, 6.07) is 69.0. The van der Waals surface area contributed by atoms with Gasteiger partial charge in [0.2, 0.25) is 0 Å². The highest BCUT2D eigenvalue weighted by molar-refractivity contribution is 6.06. The molecule has 0 amide bonds. The van der Waals surface area contributed by atoms with Gasteiger partial charge < -0.3 is 4.90 Å². The number of aromatic nitrogens is 2. The van der Waals surface area contributed by atoms with Crippen molar-refractivity contribution in [1.82, 2.24) is 9.55 Å². The SMILES string of the molecule is N#Cc1ccc2c(c1)C1(c3cc(C#N)ccc3-2)c2ccccc2-c2c1c1ccc(N(C3=CC=CCC3)c3ccccc3)cc1n2-c1cc(-c2ccccc2)cc(Cc2ccccc2)n1. The lowest BCUT2D eigenvalue weighted by Crippen LogP contribution is -2.26. The maximum absolute atomic E-state index is 10.4. The molecular formula is C59H39N5. The lowest BCUT2D eigenvalue weighted by Gasteiger charge is -2.31. The van der Waals surface area contributed by atoms with Gasteiger partial charge in [0.25, 0.3) is 0 Å². The minimum atomic E-state index is -0.832. The third-order valence-corrected chi connectivity index (χ3v) is 13.3. The first-order valence-electron chi connectivity index (χ1n) is 21.8. The summed E-state index contributed by atoms with van der Waals surface area (Å²) < 4.78 is 2.40. The van der Waals surface area contributed by atoms with Crippen molar-refractivity contribution in [2.45, 2.75) is 24.7 Å². The molecular weight excluding hydrogens is 779 g/mol. The Morgan fingerprint density at radius 1 is 0.594 bits per heavy atom. The molecule has 300 valence electrons. The van der Waals surface area contributed by atoms with E-state index in [1.165, 1.54) is 11.3 Å². The molecule has 2 heterocycles. The molecule has 0 saturated heterocycles. The van der Waals surface area contributed by atoms with Gasteiger partial charge in [-0.2, -0.15) is 10.5 Å². The predicted molar refractivity (Wildman–Crippen MR) is 257 cm³/mol. The normalized spacial score (nSPS) is 13.7. The molecule has 0 saturated carbocycles. The zero-order chi connectivity index (χ0) is 42.8. The lowest BCUT2D eigenvalue weighted by atomic mass is 9.69. The average Bonchev–Trinajstić information content (AvgIpc) is 3.96.